The van der Waals surface area contributed by atoms with Crippen LogP contribution >= 0.6 is 39.3 Å². The minimum atomic E-state index is -0.599. The van der Waals surface area contributed by atoms with Crippen molar-refractivity contribution in [1.82, 2.24) is 14.8 Å². The Kier molecular flexibility index (Phi) is 11.0. The van der Waals surface area contributed by atoms with E-state index < -0.39 is 12.0 Å². The Morgan fingerprint density at radius 3 is 2.68 bits per heavy atom. The largest absolute Gasteiger partial charge is 0.490 e. The van der Waals surface area contributed by atoms with Crippen LogP contribution in [0.5, 0.6) is 11.5 Å². The molecule has 11 heteroatoms. The molecule has 0 radical (unpaired) electrons. The number of carbonyl (C=O) groups excluding carboxylic acids is 1. The fourth-order valence-electron chi connectivity index (χ4n) is 4.34. The van der Waals surface area contributed by atoms with Crippen LogP contribution in [-0.4, -0.2) is 40.6 Å². The van der Waals surface area contributed by atoms with Crippen molar-refractivity contribution < 1.29 is 19.0 Å². The lowest BCUT2D eigenvalue weighted by Gasteiger charge is -2.29. The Labute approximate surface area is 259 Å². The number of thioether (sulfide) groups is 1. The van der Waals surface area contributed by atoms with Gasteiger partial charge >= 0.3 is 5.97 Å². The zero-order valence-electron chi connectivity index (χ0n) is 24.0. The monoisotopic (exact) mass is 662 g/mol. The Hall–Kier alpha value is -2.69. The second kappa shape index (κ2) is 14.5. The molecule has 0 aliphatic carbocycles. The van der Waals surface area contributed by atoms with Gasteiger partial charge in [0, 0.05) is 16.5 Å². The standard InChI is InChI=1S/C30H36BrClN4O4S/c1-6-13-40-28(37)25-19(5)33-29-34-30(41-17-20-10-8-9-11-23(20)32)35-36(29)26(25)21-15-22(31)27(24(16-21)38-7-2)39-14-12-18(3)4/h8-11,15-16,18,26H,6-7,12-14,17H2,1-5H3,(H,33,34,35). The lowest BCUT2D eigenvalue weighted by atomic mass is 9.95. The van der Waals surface area contributed by atoms with Crippen LogP contribution in [0.4, 0.5) is 5.95 Å². The molecular formula is C30H36BrClN4O4S. The van der Waals surface area contributed by atoms with Crippen molar-refractivity contribution in [1.29, 1.82) is 0 Å². The van der Waals surface area contributed by atoms with Crippen molar-refractivity contribution in [2.24, 2.45) is 5.92 Å². The second-order valence-electron chi connectivity index (χ2n) is 10.0. The topological polar surface area (TPSA) is 87.5 Å². The first-order valence-corrected chi connectivity index (χ1v) is 16.0. The van der Waals surface area contributed by atoms with Crippen molar-refractivity contribution in [3.8, 4) is 11.5 Å². The Morgan fingerprint density at radius 1 is 1.20 bits per heavy atom. The molecule has 0 saturated heterocycles. The average Bonchev–Trinajstić information content (AvgIpc) is 3.34. The van der Waals surface area contributed by atoms with Gasteiger partial charge in [-0.1, -0.05) is 62.3 Å². The van der Waals surface area contributed by atoms with Crippen LogP contribution in [0.15, 0.2) is 57.3 Å². The van der Waals surface area contributed by atoms with E-state index in [4.69, 9.17) is 35.9 Å². The number of hydrogen-bond acceptors (Lipinski definition) is 8. The van der Waals surface area contributed by atoms with Gasteiger partial charge in [0.1, 0.15) is 6.04 Å². The summed E-state index contributed by atoms with van der Waals surface area (Å²) in [5, 5.41) is 9.35. The summed E-state index contributed by atoms with van der Waals surface area (Å²) in [6.07, 6.45) is 1.64. The van der Waals surface area contributed by atoms with Gasteiger partial charge in [0.25, 0.3) is 0 Å². The minimum Gasteiger partial charge on any atom is -0.490 e. The second-order valence-corrected chi connectivity index (χ2v) is 12.2. The third-order valence-electron chi connectivity index (χ3n) is 6.39. The number of nitrogens with one attached hydrogen (secondary N) is 1. The van der Waals surface area contributed by atoms with Crippen LogP contribution in [0.1, 0.15) is 64.6 Å². The summed E-state index contributed by atoms with van der Waals surface area (Å²) in [5.41, 5.74) is 2.90. The van der Waals surface area contributed by atoms with Gasteiger partial charge in [0.05, 0.1) is 29.9 Å². The number of hydrogen-bond donors (Lipinski definition) is 1. The highest BCUT2D eigenvalue weighted by Crippen LogP contribution is 2.43. The fraction of sp³-hybridized carbons (Fsp3) is 0.433. The number of aromatic nitrogens is 3. The van der Waals surface area contributed by atoms with Gasteiger partial charge in [-0.2, -0.15) is 4.98 Å². The smallest absolute Gasteiger partial charge is 0.338 e. The number of fused-ring (bicyclic) bond motifs is 1. The van der Waals surface area contributed by atoms with Crippen molar-refractivity contribution in [2.45, 2.75) is 64.4 Å². The molecule has 2 heterocycles. The third-order valence-corrected chi connectivity index (χ3v) is 8.24. The van der Waals surface area contributed by atoms with Crippen LogP contribution in [-0.2, 0) is 15.3 Å². The maximum atomic E-state index is 13.4. The summed E-state index contributed by atoms with van der Waals surface area (Å²) in [6.45, 7) is 11.4. The highest BCUT2D eigenvalue weighted by atomic mass is 79.9. The van der Waals surface area contributed by atoms with Crippen LogP contribution in [0.25, 0.3) is 0 Å². The number of rotatable bonds is 13. The zero-order valence-corrected chi connectivity index (χ0v) is 27.2. The van der Waals surface area contributed by atoms with Crippen LogP contribution < -0.4 is 14.8 Å². The molecule has 1 aliphatic heterocycles. The van der Waals surface area contributed by atoms with Crippen molar-refractivity contribution in [3.05, 3.63) is 68.3 Å². The molecule has 3 aromatic rings. The third kappa shape index (κ3) is 7.59. The number of benzene rings is 2. The summed E-state index contributed by atoms with van der Waals surface area (Å²) in [5.74, 6) is 2.48. The summed E-state index contributed by atoms with van der Waals surface area (Å²) in [7, 11) is 0. The molecule has 1 N–H and O–H groups in total. The van der Waals surface area contributed by atoms with Crippen molar-refractivity contribution in [3.63, 3.8) is 0 Å². The van der Waals surface area contributed by atoms with Gasteiger partial charge < -0.3 is 19.5 Å². The fourth-order valence-corrected chi connectivity index (χ4v) is 6.03. The van der Waals surface area contributed by atoms with Crippen LogP contribution in [0, 0.1) is 5.92 Å². The zero-order chi connectivity index (χ0) is 29.5. The predicted octanol–water partition coefficient (Wildman–Crippen LogP) is 8.05. The van der Waals surface area contributed by atoms with E-state index in [0.717, 1.165) is 28.4 Å². The Morgan fingerprint density at radius 2 is 1.98 bits per heavy atom. The van der Waals surface area contributed by atoms with Crippen molar-refractivity contribution in [2.75, 3.05) is 25.1 Å². The molecule has 8 nitrogen and oxygen atoms in total. The maximum absolute atomic E-state index is 13.4. The normalized spacial score (nSPS) is 14.6. The molecule has 0 amide bonds. The van der Waals surface area contributed by atoms with Gasteiger partial charge in [-0.25, -0.2) is 9.48 Å². The molecule has 1 aromatic heterocycles. The van der Waals surface area contributed by atoms with E-state index in [0.29, 0.717) is 70.4 Å². The molecule has 0 spiro atoms. The minimum absolute atomic E-state index is 0.321. The summed E-state index contributed by atoms with van der Waals surface area (Å²) < 4.78 is 20.2. The van der Waals surface area contributed by atoms with E-state index in [-0.39, 0.29) is 0 Å². The lowest BCUT2D eigenvalue weighted by molar-refractivity contribution is -0.139. The van der Waals surface area contributed by atoms with Crippen LogP contribution in [0.3, 0.4) is 0 Å². The summed E-state index contributed by atoms with van der Waals surface area (Å²) in [6, 6.07) is 11.0. The van der Waals surface area contributed by atoms with E-state index in [1.807, 2.05) is 57.2 Å². The Balaban J connectivity index is 1.75. The van der Waals surface area contributed by atoms with E-state index in [2.05, 4.69) is 35.1 Å². The first-order chi connectivity index (χ1) is 19.7. The van der Waals surface area contributed by atoms with E-state index >= 15 is 0 Å². The average molecular weight is 664 g/mol. The molecule has 1 unspecified atom stereocenters. The van der Waals surface area contributed by atoms with Gasteiger partial charge in [0.15, 0.2) is 11.5 Å². The highest BCUT2D eigenvalue weighted by Gasteiger charge is 2.36. The number of allylic oxidation sites excluding steroid dienone is 1. The number of esters is 1. The SMILES string of the molecule is CCCOC(=O)C1=C(C)Nc2nc(SCc3ccccc3Cl)nn2C1c1cc(Br)c(OCCC(C)C)c(OCC)c1. The lowest BCUT2D eigenvalue weighted by Crippen LogP contribution is -2.30. The van der Waals surface area contributed by atoms with E-state index in [1.54, 1.807) is 4.68 Å². The first kappa shape index (κ1) is 31.3. The maximum Gasteiger partial charge on any atom is 0.338 e. The number of anilines is 1. The molecule has 4 rings (SSSR count). The molecule has 220 valence electrons. The molecule has 2 aromatic carbocycles. The number of carbonyl (C=O) groups is 1. The van der Waals surface area contributed by atoms with Gasteiger partial charge in [-0.05, 0) is 77.9 Å². The molecule has 41 heavy (non-hydrogen) atoms. The van der Waals surface area contributed by atoms with Gasteiger partial charge in [-0.3, -0.25) is 0 Å². The van der Waals surface area contributed by atoms with Crippen molar-refractivity contribution >= 4 is 51.2 Å². The predicted molar refractivity (Wildman–Crippen MR) is 167 cm³/mol. The highest BCUT2D eigenvalue weighted by molar-refractivity contribution is 9.10. The molecule has 1 atom stereocenters. The quantitative estimate of drug-likeness (QED) is 0.145. The number of halogens is 2. The first-order valence-electron chi connectivity index (χ1n) is 13.8. The Bertz CT molecular complexity index is 1410. The summed E-state index contributed by atoms with van der Waals surface area (Å²) in [4.78, 5) is 18.2. The number of nitrogens with zero attached hydrogens (tertiary/aromatic N) is 3. The van der Waals surface area contributed by atoms with Gasteiger partial charge in [0.2, 0.25) is 11.1 Å². The molecule has 0 saturated carbocycles. The summed E-state index contributed by atoms with van der Waals surface area (Å²) >= 11 is 11.5. The van der Waals surface area contributed by atoms with Crippen LogP contribution in [0.2, 0.25) is 5.02 Å². The van der Waals surface area contributed by atoms with E-state index in [1.165, 1.54) is 11.8 Å². The molecule has 0 bridgehead atoms. The number of ether oxygens (including phenoxy) is 3. The molecule has 0 fully saturated rings. The molecule has 1 aliphatic rings. The van der Waals surface area contributed by atoms with Gasteiger partial charge in [-0.15, -0.1) is 5.10 Å². The van der Waals surface area contributed by atoms with E-state index in [9.17, 15) is 4.79 Å². The molecular weight excluding hydrogens is 628 g/mol.